The highest BCUT2D eigenvalue weighted by atomic mass is 32.1. The molecule has 124 valence electrons. The van der Waals surface area contributed by atoms with Gasteiger partial charge in [0.2, 0.25) is 5.88 Å². The number of carbonyl (C=O) groups is 1. The van der Waals surface area contributed by atoms with Crippen LogP contribution in [0.1, 0.15) is 28.1 Å². The number of thiophene rings is 1. The number of hydrogen-bond donors (Lipinski definition) is 0. The highest BCUT2D eigenvalue weighted by Crippen LogP contribution is 2.25. The lowest BCUT2D eigenvalue weighted by Crippen LogP contribution is -2.42. The van der Waals surface area contributed by atoms with Crippen LogP contribution in [-0.2, 0) is 18.3 Å². The molecule has 7 heteroatoms. The number of ether oxygens (including phenoxy) is 2. The van der Waals surface area contributed by atoms with Crippen LogP contribution in [-0.4, -0.2) is 47.0 Å². The third-order valence-electron chi connectivity index (χ3n) is 4.02. The zero-order chi connectivity index (χ0) is 16.2. The van der Waals surface area contributed by atoms with Crippen LogP contribution < -0.4 is 4.74 Å². The first-order valence-corrected chi connectivity index (χ1v) is 8.55. The Morgan fingerprint density at radius 2 is 2.30 bits per heavy atom. The summed E-state index contributed by atoms with van der Waals surface area (Å²) in [5, 5.41) is 6.23. The van der Waals surface area contributed by atoms with Crippen LogP contribution in [0.15, 0.2) is 23.7 Å². The molecule has 3 rings (SSSR count). The SMILES string of the molecule is COc1nn(C)cc1C(=O)N(Cc1cccs1)C1CCOCC1. The van der Waals surface area contributed by atoms with E-state index in [1.54, 1.807) is 29.3 Å². The first-order chi connectivity index (χ1) is 11.2. The second kappa shape index (κ2) is 7.14. The summed E-state index contributed by atoms with van der Waals surface area (Å²) in [6.07, 6.45) is 3.45. The van der Waals surface area contributed by atoms with Crippen molar-refractivity contribution in [2.75, 3.05) is 20.3 Å². The third kappa shape index (κ3) is 3.56. The molecule has 0 unspecified atom stereocenters. The van der Waals surface area contributed by atoms with E-state index in [4.69, 9.17) is 9.47 Å². The second-order valence-electron chi connectivity index (χ2n) is 5.58. The van der Waals surface area contributed by atoms with E-state index >= 15 is 0 Å². The molecule has 23 heavy (non-hydrogen) atoms. The van der Waals surface area contributed by atoms with Crippen LogP contribution in [0.2, 0.25) is 0 Å². The first-order valence-electron chi connectivity index (χ1n) is 7.67. The lowest BCUT2D eigenvalue weighted by molar-refractivity contribution is 0.0268. The minimum atomic E-state index is -0.0322. The number of aromatic nitrogens is 2. The maximum absolute atomic E-state index is 13.1. The van der Waals surface area contributed by atoms with Crippen molar-refractivity contribution in [3.63, 3.8) is 0 Å². The minimum Gasteiger partial charge on any atom is -0.479 e. The van der Waals surface area contributed by atoms with E-state index in [1.165, 1.54) is 12.0 Å². The van der Waals surface area contributed by atoms with Crippen molar-refractivity contribution in [1.29, 1.82) is 0 Å². The number of rotatable bonds is 5. The Bertz CT molecular complexity index is 648. The molecule has 1 aliphatic rings. The fraction of sp³-hybridized carbons (Fsp3) is 0.500. The van der Waals surface area contributed by atoms with Crippen molar-refractivity contribution in [2.45, 2.75) is 25.4 Å². The molecule has 0 spiro atoms. The Morgan fingerprint density at radius 1 is 1.52 bits per heavy atom. The Kier molecular flexibility index (Phi) is 4.97. The van der Waals surface area contributed by atoms with Crippen LogP contribution in [0, 0.1) is 0 Å². The normalized spacial score (nSPS) is 15.6. The summed E-state index contributed by atoms with van der Waals surface area (Å²) in [6.45, 7) is 2.01. The van der Waals surface area contributed by atoms with Gasteiger partial charge in [-0.25, -0.2) is 0 Å². The number of hydrogen-bond acceptors (Lipinski definition) is 5. The summed E-state index contributed by atoms with van der Waals surface area (Å²) < 4.78 is 12.3. The van der Waals surface area contributed by atoms with Crippen LogP contribution in [0.25, 0.3) is 0 Å². The van der Waals surface area contributed by atoms with Crippen LogP contribution >= 0.6 is 11.3 Å². The van der Waals surface area contributed by atoms with E-state index in [2.05, 4.69) is 11.2 Å². The van der Waals surface area contributed by atoms with Crippen molar-refractivity contribution in [2.24, 2.45) is 7.05 Å². The molecule has 0 radical (unpaired) electrons. The van der Waals surface area contributed by atoms with Gasteiger partial charge < -0.3 is 14.4 Å². The minimum absolute atomic E-state index is 0.0322. The molecule has 1 amide bonds. The summed E-state index contributed by atoms with van der Waals surface area (Å²) in [6, 6.07) is 4.26. The van der Waals surface area contributed by atoms with Gasteiger partial charge in [-0.15, -0.1) is 16.4 Å². The van der Waals surface area contributed by atoms with Gasteiger partial charge in [0.15, 0.2) is 0 Å². The molecule has 0 N–H and O–H groups in total. The molecule has 0 aliphatic carbocycles. The van der Waals surface area contributed by atoms with E-state index in [0.717, 1.165) is 12.8 Å². The molecule has 1 aliphatic heterocycles. The van der Waals surface area contributed by atoms with Gasteiger partial charge in [-0.3, -0.25) is 9.48 Å². The van der Waals surface area contributed by atoms with Crippen molar-refractivity contribution in [1.82, 2.24) is 14.7 Å². The number of methoxy groups -OCH3 is 1. The van der Waals surface area contributed by atoms with Crippen molar-refractivity contribution >= 4 is 17.2 Å². The average Bonchev–Trinajstić information content (AvgIpc) is 3.22. The van der Waals surface area contributed by atoms with E-state index in [1.807, 2.05) is 16.3 Å². The predicted molar refractivity (Wildman–Crippen MR) is 87.8 cm³/mol. The largest absolute Gasteiger partial charge is 0.479 e. The van der Waals surface area contributed by atoms with Gasteiger partial charge in [0.25, 0.3) is 5.91 Å². The smallest absolute Gasteiger partial charge is 0.261 e. The number of amides is 1. The molecule has 1 saturated heterocycles. The summed E-state index contributed by atoms with van der Waals surface area (Å²) in [4.78, 5) is 16.2. The van der Waals surface area contributed by atoms with Gasteiger partial charge in [0.1, 0.15) is 5.56 Å². The third-order valence-corrected chi connectivity index (χ3v) is 4.88. The topological polar surface area (TPSA) is 56.6 Å². The summed E-state index contributed by atoms with van der Waals surface area (Å²) in [5.41, 5.74) is 0.512. The van der Waals surface area contributed by atoms with Gasteiger partial charge in [0, 0.05) is 37.4 Å². The van der Waals surface area contributed by atoms with Crippen molar-refractivity contribution in [3.05, 3.63) is 34.2 Å². The van der Waals surface area contributed by atoms with Crippen molar-refractivity contribution in [3.8, 4) is 5.88 Å². The van der Waals surface area contributed by atoms with Crippen LogP contribution in [0.3, 0.4) is 0 Å². The Balaban J connectivity index is 1.87. The Hall–Kier alpha value is -1.86. The van der Waals surface area contributed by atoms with Gasteiger partial charge >= 0.3 is 0 Å². The molecule has 2 aromatic rings. The molecule has 0 bridgehead atoms. The highest BCUT2D eigenvalue weighted by Gasteiger charge is 2.30. The number of nitrogens with zero attached hydrogens (tertiary/aromatic N) is 3. The number of aryl methyl sites for hydroxylation is 1. The highest BCUT2D eigenvalue weighted by molar-refractivity contribution is 7.09. The molecule has 0 saturated carbocycles. The van der Waals surface area contributed by atoms with Crippen LogP contribution in [0.5, 0.6) is 5.88 Å². The summed E-state index contributed by atoms with van der Waals surface area (Å²) >= 11 is 1.67. The standard InChI is InChI=1S/C16H21N3O3S/c1-18-11-14(15(17-18)21-2)16(20)19(10-13-4-3-9-23-13)12-5-7-22-8-6-12/h3-4,9,11-12H,5-8,10H2,1-2H3. The quantitative estimate of drug-likeness (QED) is 0.841. The van der Waals surface area contributed by atoms with E-state index in [9.17, 15) is 4.79 Å². The maximum Gasteiger partial charge on any atom is 0.261 e. The van der Waals surface area contributed by atoms with Gasteiger partial charge in [-0.05, 0) is 24.3 Å². The molecule has 0 aromatic carbocycles. The fourth-order valence-corrected chi connectivity index (χ4v) is 3.56. The van der Waals surface area contributed by atoms with Crippen LogP contribution in [0.4, 0.5) is 0 Å². The van der Waals surface area contributed by atoms with Crippen molar-refractivity contribution < 1.29 is 14.3 Å². The molecule has 0 atom stereocenters. The molecular formula is C16H21N3O3S. The zero-order valence-corrected chi connectivity index (χ0v) is 14.2. The molecule has 1 fully saturated rings. The van der Waals surface area contributed by atoms with Gasteiger partial charge in [-0.2, -0.15) is 0 Å². The molecule has 6 nitrogen and oxygen atoms in total. The summed E-state index contributed by atoms with van der Waals surface area (Å²) in [5.74, 6) is 0.344. The monoisotopic (exact) mass is 335 g/mol. The zero-order valence-electron chi connectivity index (χ0n) is 13.4. The molecule has 3 heterocycles. The number of carbonyl (C=O) groups excluding carboxylic acids is 1. The lowest BCUT2D eigenvalue weighted by atomic mass is 10.1. The molecular weight excluding hydrogens is 314 g/mol. The molecule has 2 aromatic heterocycles. The van der Waals surface area contributed by atoms with E-state index in [-0.39, 0.29) is 11.9 Å². The maximum atomic E-state index is 13.1. The fourth-order valence-electron chi connectivity index (χ4n) is 2.85. The Morgan fingerprint density at radius 3 is 2.96 bits per heavy atom. The first kappa shape index (κ1) is 16.0. The predicted octanol–water partition coefficient (Wildman–Crippen LogP) is 2.31. The lowest BCUT2D eigenvalue weighted by Gasteiger charge is -2.34. The summed E-state index contributed by atoms with van der Waals surface area (Å²) in [7, 11) is 3.33. The Labute approximate surface area is 139 Å². The van der Waals surface area contributed by atoms with Gasteiger partial charge in [0.05, 0.1) is 13.7 Å². The second-order valence-corrected chi connectivity index (χ2v) is 6.61. The average molecular weight is 335 g/mol. The van der Waals surface area contributed by atoms with Gasteiger partial charge in [-0.1, -0.05) is 6.07 Å². The van der Waals surface area contributed by atoms with E-state index < -0.39 is 0 Å². The van der Waals surface area contributed by atoms with E-state index in [0.29, 0.717) is 31.2 Å².